The average molecular weight is 403 g/mol. The van der Waals surface area contributed by atoms with Crippen LogP contribution in [0.2, 0.25) is 0 Å². The van der Waals surface area contributed by atoms with Crippen molar-refractivity contribution in [2.45, 2.75) is 11.8 Å². The summed E-state index contributed by atoms with van der Waals surface area (Å²) in [4.78, 5) is 25.1. The monoisotopic (exact) mass is 402 g/mol. The molecule has 2 amide bonds. The maximum Gasteiger partial charge on any atom is 0.252 e. The second-order valence-electron chi connectivity index (χ2n) is 6.05. The first-order valence-electron chi connectivity index (χ1n) is 9.05. The van der Waals surface area contributed by atoms with Gasteiger partial charge in [-0.1, -0.05) is 29.8 Å². The third-order valence-corrected chi connectivity index (χ3v) is 4.87. The Morgan fingerprint density at radius 3 is 2.43 bits per heavy atom. The van der Waals surface area contributed by atoms with Crippen LogP contribution in [0.25, 0.3) is 0 Å². The number of thioether (sulfide) groups is 1. The molecule has 0 atom stereocenters. The van der Waals surface area contributed by atoms with Gasteiger partial charge in [0.1, 0.15) is 12.4 Å². The van der Waals surface area contributed by atoms with Gasteiger partial charge in [0.15, 0.2) is 0 Å². The Hall–Kier alpha value is -2.51. The molecule has 6 nitrogen and oxygen atoms in total. The summed E-state index contributed by atoms with van der Waals surface area (Å²) in [5, 5.41) is 5.62. The number of carbonyl (C=O) groups is 2. The highest BCUT2D eigenvalue weighted by Crippen LogP contribution is 2.22. The molecule has 0 spiro atoms. The molecule has 0 aromatic heterocycles. The van der Waals surface area contributed by atoms with Crippen molar-refractivity contribution in [2.75, 3.05) is 39.2 Å². The van der Waals surface area contributed by atoms with E-state index in [-0.39, 0.29) is 17.6 Å². The first-order chi connectivity index (χ1) is 13.6. The molecular weight excluding hydrogens is 376 g/mol. The molecule has 0 bridgehead atoms. The van der Waals surface area contributed by atoms with Crippen LogP contribution in [0, 0.1) is 6.92 Å². The van der Waals surface area contributed by atoms with E-state index in [2.05, 4.69) is 10.6 Å². The minimum Gasteiger partial charge on any atom is -0.492 e. The molecule has 2 rings (SSSR count). The van der Waals surface area contributed by atoms with Crippen LogP contribution in [0.15, 0.2) is 53.4 Å². The molecule has 150 valence electrons. The van der Waals surface area contributed by atoms with Gasteiger partial charge in [0.2, 0.25) is 5.91 Å². The predicted molar refractivity (Wildman–Crippen MR) is 111 cm³/mol. The van der Waals surface area contributed by atoms with Crippen molar-refractivity contribution in [2.24, 2.45) is 0 Å². The Kier molecular flexibility index (Phi) is 9.37. The fourth-order valence-corrected chi connectivity index (χ4v) is 3.21. The number of ether oxygens (including phenoxy) is 2. The summed E-state index contributed by atoms with van der Waals surface area (Å²) in [5.74, 6) is 0.735. The van der Waals surface area contributed by atoms with Crippen molar-refractivity contribution in [3.8, 4) is 5.75 Å². The number of carbonyl (C=O) groups excluding carboxylic acids is 2. The molecule has 7 heteroatoms. The molecule has 0 fully saturated rings. The zero-order chi connectivity index (χ0) is 20.2. The number of benzene rings is 2. The molecule has 28 heavy (non-hydrogen) atoms. The number of hydrogen-bond acceptors (Lipinski definition) is 5. The van der Waals surface area contributed by atoms with Gasteiger partial charge in [-0.2, -0.15) is 0 Å². The first kappa shape index (κ1) is 21.8. The Bertz CT molecular complexity index is 765. The van der Waals surface area contributed by atoms with E-state index in [9.17, 15) is 9.59 Å². The van der Waals surface area contributed by atoms with Gasteiger partial charge in [-0.05, 0) is 31.2 Å². The van der Waals surface area contributed by atoms with E-state index in [0.29, 0.717) is 31.9 Å². The second-order valence-corrected chi connectivity index (χ2v) is 7.06. The minimum absolute atomic E-state index is 0.0937. The van der Waals surface area contributed by atoms with E-state index in [4.69, 9.17) is 9.47 Å². The SMILES string of the molecule is COCCNC(=O)CSc1ccccc1C(=O)NCCOc1ccc(C)cc1. The van der Waals surface area contributed by atoms with Crippen LogP contribution >= 0.6 is 11.8 Å². The largest absolute Gasteiger partial charge is 0.492 e. The summed E-state index contributed by atoms with van der Waals surface area (Å²) >= 11 is 1.33. The van der Waals surface area contributed by atoms with Gasteiger partial charge in [-0.15, -0.1) is 11.8 Å². The van der Waals surface area contributed by atoms with Gasteiger partial charge >= 0.3 is 0 Å². The maximum absolute atomic E-state index is 12.5. The zero-order valence-corrected chi connectivity index (χ0v) is 17.0. The molecular formula is C21H26N2O4S. The molecule has 0 aliphatic carbocycles. The van der Waals surface area contributed by atoms with Crippen molar-refractivity contribution in [3.05, 3.63) is 59.7 Å². The van der Waals surface area contributed by atoms with Gasteiger partial charge in [0.05, 0.1) is 24.5 Å². The molecule has 0 saturated carbocycles. The number of aryl methyl sites for hydroxylation is 1. The van der Waals surface area contributed by atoms with Gasteiger partial charge < -0.3 is 20.1 Å². The summed E-state index contributed by atoms with van der Waals surface area (Å²) in [6.45, 7) is 3.73. The first-order valence-corrected chi connectivity index (χ1v) is 10.0. The molecule has 0 saturated heterocycles. The summed E-state index contributed by atoms with van der Waals surface area (Å²) in [5.41, 5.74) is 1.72. The second kappa shape index (κ2) is 12.0. The van der Waals surface area contributed by atoms with Crippen molar-refractivity contribution in [1.82, 2.24) is 10.6 Å². The Morgan fingerprint density at radius 1 is 0.964 bits per heavy atom. The highest BCUT2D eigenvalue weighted by Gasteiger charge is 2.12. The van der Waals surface area contributed by atoms with E-state index in [0.717, 1.165) is 10.6 Å². The third kappa shape index (κ3) is 7.62. The minimum atomic E-state index is -0.185. The van der Waals surface area contributed by atoms with Crippen LogP contribution in [0.5, 0.6) is 5.75 Å². The van der Waals surface area contributed by atoms with Gasteiger partial charge in [0.25, 0.3) is 5.91 Å². The summed E-state index contributed by atoms with van der Waals surface area (Å²) < 4.78 is 10.5. The molecule has 0 aliphatic rings. The lowest BCUT2D eigenvalue weighted by molar-refractivity contribution is -0.118. The van der Waals surface area contributed by atoms with Crippen molar-refractivity contribution < 1.29 is 19.1 Å². The number of rotatable bonds is 11. The van der Waals surface area contributed by atoms with Crippen molar-refractivity contribution in [3.63, 3.8) is 0 Å². The van der Waals surface area contributed by atoms with E-state index < -0.39 is 0 Å². The smallest absolute Gasteiger partial charge is 0.252 e. The molecule has 2 aromatic rings. The number of hydrogen-bond donors (Lipinski definition) is 2. The van der Waals surface area contributed by atoms with Crippen molar-refractivity contribution in [1.29, 1.82) is 0 Å². The van der Waals surface area contributed by atoms with Crippen LogP contribution in [0.4, 0.5) is 0 Å². The van der Waals surface area contributed by atoms with Crippen LogP contribution < -0.4 is 15.4 Å². The highest BCUT2D eigenvalue weighted by molar-refractivity contribution is 8.00. The topological polar surface area (TPSA) is 76.7 Å². The molecule has 0 aliphatic heterocycles. The van der Waals surface area contributed by atoms with E-state index in [1.807, 2.05) is 43.3 Å². The summed E-state index contributed by atoms with van der Waals surface area (Å²) in [6, 6.07) is 15.0. The van der Waals surface area contributed by atoms with Gasteiger partial charge in [-0.3, -0.25) is 9.59 Å². The summed E-state index contributed by atoms with van der Waals surface area (Å²) in [6.07, 6.45) is 0. The maximum atomic E-state index is 12.5. The number of amides is 2. The molecule has 2 aromatic carbocycles. The van der Waals surface area contributed by atoms with E-state index in [1.54, 1.807) is 19.2 Å². The van der Waals surface area contributed by atoms with Crippen LogP contribution in [0.3, 0.4) is 0 Å². The van der Waals surface area contributed by atoms with Crippen LogP contribution in [-0.4, -0.2) is 51.0 Å². The number of methoxy groups -OCH3 is 1. The van der Waals surface area contributed by atoms with Crippen LogP contribution in [-0.2, 0) is 9.53 Å². The highest BCUT2D eigenvalue weighted by atomic mass is 32.2. The molecule has 2 N–H and O–H groups in total. The Balaban J connectivity index is 1.79. The fourth-order valence-electron chi connectivity index (χ4n) is 2.33. The van der Waals surface area contributed by atoms with Crippen molar-refractivity contribution >= 4 is 23.6 Å². The predicted octanol–water partition coefficient (Wildman–Crippen LogP) is 2.66. The standard InChI is InChI=1S/C21H26N2O4S/c1-16-7-9-17(10-8-16)27-14-12-23-21(25)18-5-3-4-6-19(18)28-15-20(24)22-11-13-26-2/h3-10H,11-15H2,1-2H3,(H,22,24)(H,23,25). The Labute approximate surface area is 170 Å². The molecule has 0 unspecified atom stereocenters. The van der Waals surface area contributed by atoms with Gasteiger partial charge in [0, 0.05) is 18.6 Å². The molecule has 0 heterocycles. The normalized spacial score (nSPS) is 10.4. The fraction of sp³-hybridized carbons (Fsp3) is 0.333. The number of nitrogens with one attached hydrogen (secondary N) is 2. The quantitative estimate of drug-likeness (QED) is 0.446. The lowest BCUT2D eigenvalue weighted by atomic mass is 10.2. The average Bonchev–Trinajstić information content (AvgIpc) is 2.71. The van der Waals surface area contributed by atoms with Gasteiger partial charge in [-0.25, -0.2) is 0 Å². The lowest BCUT2D eigenvalue weighted by Crippen LogP contribution is -2.29. The van der Waals surface area contributed by atoms with E-state index >= 15 is 0 Å². The zero-order valence-electron chi connectivity index (χ0n) is 16.2. The Morgan fingerprint density at radius 2 is 1.68 bits per heavy atom. The third-order valence-electron chi connectivity index (χ3n) is 3.80. The lowest BCUT2D eigenvalue weighted by Gasteiger charge is -2.11. The summed E-state index contributed by atoms with van der Waals surface area (Å²) in [7, 11) is 1.58. The van der Waals surface area contributed by atoms with E-state index in [1.165, 1.54) is 17.3 Å². The molecule has 0 radical (unpaired) electrons. The van der Waals surface area contributed by atoms with Crippen LogP contribution in [0.1, 0.15) is 15.9 Å².